The predicted octanol–water partition coefficient (Wildman–Crippen LogP) is 2.25. The molecule has 1 unspecified atom stereocenters. The van der Waals surface area contributed by atoms with E-state index in [0.717, 1.165) is 44.6 Å². The van der Waals surface area contributed by atoms with Crippen molar-refractivity contribution in [2.45, 2.75) is 57.1 Å². The van der Waals surface area contributed by atoms with Crippen LogP contribution in [0.2, 0.25) is 0 Å². The Morgan fingerprint density at radius 3 is 2.37 bits per heavy atom. The number of rotatable bonds is 6. The first-order valence-corrected chi connectivity index (χ1v) is 11.2. The molecular weight excluding hydrogens is 360 g/mol. The maximum absolute atomic E-state index is 13.2. The molecule has 1 aromatic heterocycles. The number of pyridine rings is 1. The van der Waals surface area contributed by atoms with Gasteiger partial charge < -0.3 is 10.6 Å². The molecule has 1 saturated carbocycles. The average Bonchev–Trinajstić information content (AvgIpc) is 2.68. The van der Waals surface area contributed by atoms with Gasteiger partial charge in [-0.2, -0.15) is 0 Å². The first-order chi connectivity index (χ1) is 12.9. The van der Waals surface area contributed by atoms with Gasteiger partial charge in [-0.1, -0.05) is 39.2 Å². The highest BCUT2D eigenvalue weighted by Crippen LogP contribution is 2.35. The minimum absolute atomic E-state index is 0.398. The highest BCUT2D eigenvalue weighted by atomic mass is 32.2. The number of piperazine rings is 1. The van der Waals surface area contributed by atoms with Crippen molar-refractivity contribution in [2.75, 3.05) is 31.1 Å². The highest BCUT2D eigenvalue weighted by Gasteiger charge is 2.46. The molecule has 0 spiro atoms. The quantitative estimate of drug-likeness (QED) is 0.805. The van der Waals surface area contributed by atoms with Crippen LogP contribution in [-0.2, 0) is 22.2 Å². The Bertz CT molecular complexity index is 663. The lowest BCUT2D eigenvalue weighted by molar-refractivity contribution is -0.121. The van der Waals surface area contributed by atoms with Gasteiger partial charge in [-0.3, -0.25) is 4.79 Å². The van der Waals surface area contributed by atoms with Crippen LogP contribution in [0.15, 0.2) is 18.3 Å². The van der Waals surface area contributed by atoms with Crippen LogP contribution >= 0.6 is 0 Å². The van der Waals surface area contributed by atoms with E-state index in [1.54, 1.807) is 0 Å². The summed E-state index contributed by atoms with van der Waals surface area (Å²) in [6.45, 7) is 7.26. The number of carbonyl (C=O) groups is 1. The summed E-state index contributed by atoms with van der Waals surface area (Å²) < 4.78 is 14.3. The Morgan fingerprint density at radius 1 is 1.19 bits per heavy atom. The molecule has 1 aliphatic carbocycles. The van der Waals surface area contributed by atoms with Crippen molar-refractivity contribution in [1.82, 2.24) is 9.29 Å². The fraction of sp³-hybridized carbons (Fsp3) is 0.700. The van der Waals surface area contributed by atoms with Crippen LogP contribution in [0, 0.1) is 5.92 Å². The second-order valence-corrected chi connectivity index (χ2v) is 10.0. The van der Waals surface area contributed by atoms with E-state index in [1.807, 2.05) is 10.5 Å². The molecule has 6 nitrogen and oxygen atoms in total. The molecule has 2 N–H and O–H groups in total. The number of amides is 1. The summed E-state index contributed by atoms with van der Waals surface area (Å²) in [5.74, 6) is 1.19. The summed E-state index contributed by atoms with van der Waals surface area (Å²) in [6.07, 6.45) is 7.25. The van der Waals surface area contributed by atoms with Crippen molar-refractivity contribution < 1.29 is 9.00 Å². The fourth-order valence-corrected chi connectivity index (χ4v) is 5.96. The number of primary amides is 1. The topological polar surface area (TPSA) is 79.5 Å². The van der Waals surface area contributed by atoms with Crippen LogP contribution in [0.25, 0.3) is 0 Å². The predicted molar refractivity (Wildman–Crippen MR) is 110 cm³/mol. The first kappa shape index (κ1) is 20.3. The summed E-state index contributed by atoms with van der Waals surface area (Å²) in [7, 11) is -1.35. The van der Waals surface area contributed by atoms with Crippen LogP contribution < -0.4 is 10.6 Å². The van der Waals surface area contributed by atoms with Crippen LogP contribution in [-0.4, -0.2) is 50.3 Å². The van der Waals surface area contributed by atoms with Crippen molar-refractivity contribution in [3.63, 3.8) is 0 Å². The summed E-state index contributed by atoms with van der Waals surface area (Å²) >= 11 is 0. The van der Waals surface area contributed by atoms with E-state index in [0.29, 0.717) is 31.8 Å². The summed E-state index contributed by atoms with van der Waals surface area (Å²) in [5.41, 5.74) is 6.96. The van der Waals surface area contributed by atoms with E-state index in [2.05, 4.69) is 35.9 Å². The van der Waals surface area contributed by atoms with Crippen molar-refractivity contribution in [3.8, 4) is 0 Å². The van der Waals surface area contributed by atoms with Gasteiger partial charge in [-0.25, -0.2) is 13.5 Å². The third kappa shape index (κ3) is 4.51. The fourth-order valence-electron chi connectivity index (χ4n) is 4.16. The maximum atomic E-state index is 13.2. The van der Waals surface area contributed by atoms with Gasteiger partial charge >= 0.3 is 0 Å². The molecule has 2 heterocycles. The number of aromatic nitrogens is 1. The lowest BCUT2D eigenvalue weighted by atomic mass is 9.88. The molecule has 2 aliphatic rings. The van der Waals surface area contributed by atoms with Gasteiger partial charge in [-0.15, -0.1) is 0 Å². The number of hydrogen-bond acceptors (Lipinski definition) is 4. The Morgan fingerprint density at radius 2 is 1.85 bits per heavy atom. The van der Waals surface area contributed by atoms with Crippen molar-refractivity contribution in [1.29, 1.82) is 0 Å². The average molecular weight is 393 g/mol. The Kier molecular flexibility index (Phi) is 6.52. The van der Waals surface area contributed by atoms with E-state index in [1.165, 1.54) is 5.56 Å². The monoisotopic (exact) mass is 392 g/mol. The van der Waals surface area contributed by atoms with E-state index < -0.39 is 21.6 Å². The number of carbonyl (C=O) groups excluding carboxylic acids is 1. The van der Waals surface area contributed by atoms with E-state index in [9.17, 15) is 9.00 Å². The van der Waals surface area contributed by atoms with E-state index in [4.69, 9.17) is 5.73 Å². The standard InChI is InChI=1S/C20H32N4O2S/c1-16(2)14-17-6-7-18(22-15-17)23-10-12-24(13-11-23)27(26)20(19(21)25)8-4-3-5-9-20/h6-7,15-16H,3-5,8-14H2,1-2H3,(H2,21,25). The summed E-state index contributed by atoms with van der Waals surface area (Å²) in [6, 6.07) is 4.23. The smallest absolute Gasteiger partial charge is 0.237 e. The zero-order valence-corrected chi connectivity index (χ0v) is 17.3. The van der Waals surface area contributed by atoms with Crippen LogP contribution in [0.4, 0.5) is 5.82 Å². The van der Waals surface area contributed by atoms with Gasteiger partial charge in [0.05, 0.1) is 0 Å². The number of nitrogens with two attached hydrogens (primary N) is 1. The molecule has 27 heavy (non-hydrogen) atoms. The minimum atomic E-state index is -1.35. The van der Waals surface area contributed by atoms with E-state index >= 15 is 0 Å². The maximum Gasteiger partial charge on any atom is 0.237 e. The second-order valence-electron chi connectivity index (χ2n) is 8.21. The summed E-state index contributed by atoms with van der Waals surface area (Å²) in [4.78, 5) is 19.0. The molecule has 0 aromatic carbocycles. The van der Waals surface area contributed by atoms with E-state index in [-0.39, 0.29) is 0 Å². The molecule has 2 fully saturated rings. The third-order valence-electron chi connectivity index (χ3n) is 5.69. The van der Waals surface area contributed by atoms with Crippen molar-refractivity contribution in [2.24, 2.45) is 11.7 Å². The normalized spacial score (nSPS) is 22.0. The Balaban J connectivity index is 1.61. The molecule has 1 atom stereocenters. The molecule has 3 rings (SSSR count). The molecule has 0 radical (unpaired) electrons. The SMILES string of the molecule is CC(C)Cc1ccc(N2CCN(S(=O)C3(C(N)=O)CCCCC3)CC2)nc1. The van der Waals surface area contributed by atoms with Gasteiger partial charge in [0.15, 0.2) is 0 Å². The van der Waals surface area contributed by atoms with Crippen molar-refractivity contribution >= 4 is 22.7 Å². The number of nitrogens with zero attached hydrogens (tertiary/aromatic N) is 3. The molecule has 1 aliphatic heterocycles. The Labute approximate surface area is 165 Å². The first-order valence-electron chi connectivity index (χ1n) is 10.1. The van der Waals surface area contributed by atoms with Gasteiger partial charge in [-0.05, 0) is 36.8 Å². The Hall–Kier alpha value is -1.47. The zero-order valence-electron chi connectivity index (χ0n) is 16.5. The summed E-state index contributed by atoms with van der Waals surface area (Å²) in [5, 5.41) is 0. The third-order valence-corrected chi connectivity index (χ3v) is 7.81. The minimum Gasteiger partial charge on any atom is -0.368 e. The molecular formula is C20H32N4O2S. The molecule has 1 aromatic rings. The van der Waals surface area contributed by atoms with Gasteiger partial charge in [0.25, 0.3) is 0 Å². The second kappa shape index (κ2) is 8.69. The highest BCUT2D eigenvalue weighted by molar-refractivity contribution is 7.85. The van der Waals surface area contributed by atoms with Crippen LogP contribution in [0.3, 0.4) is 0 Å². The van der Waals surface area contributed by atoms with Gasteiger partial charge in [0.2, 0.25) is 5.91 Å². The molecule has 0 bridgehead atoms. The van der Waals surface area contributed by atoms with Crippen LogP contribution in [0.1, 0.15) is 51.5 Å². The number of anilines is 1. The molecule has 150 valence electrons. The van der Waals surface area contributed by atoms with Gasteiger partial charge in [0, 0.05) is 32.4 Å². The lowest BCUT2D eigenvalue weighted by Crippen LogP contribution is -2.57. The molecule has 1 saturated heterocycles. The lowest BCUT2D eigenvalue weighted by Gasteiger charge is -2.41. The van der Waals surface area contributed by atoms with Gasteiger partial charge in [0.1, 0.15) is 21.6 Å². The van der Waals surface area contributed by atoms with Crippen molar-refractivity contribution in [3.05, 3.63) is 23.9 Å². The molecule has 1 amide bonds. The zero-order chi connectivity index (χ0) is 19.4. The largest absolute Gasteiger partial charge is 0.368 e. The number of hydrogen-bond donors (Lipinski definition) is 1. The molecule has 7 heteroatoms. The van der Waals surface area contributed by atoms with Crippen LogP contribution in [0.5, 0.6) is 0 Å².